The van der Waals surface area contributed by atoms with Crippen LogP contribution in [-0.4, -0.2) is 21.8 Å². The maximum atomic E-state index is 12.2. The average molecular weight is 447 g/mol. The second-order valence-electron chi connectivity index (χ2n) is 6.00. The normalized spacial score (nSPS) is 11.1. The lowest BCUT2D eigenvalue weighted by Crippen LogP contribution is -2.17. The monoisotopic (exact) mass is 445 g/mol. The maximum Gasteiger partial charge on any atom is 0.275 e. The van der Waals surface area contributed by atoms with Crippen molar-refractivity contribution in [3.8, 4) is 11.4 Å². The molecule has 7 heteroatoms. The van der Waals surface area contributed by atoms with Crippen molar-refractivity contribution in [3.05, 3.63) is 80.5 Å². The lowest BCUT2D eigenvalue weighted by Gasteiger charge is -2.09. The molecule has 0 fully saturated rings. The van der Waals surface area contributed by atoms with E-state index in [1.165, 1.54) is 12.1 Å². The summed E-state index contributed by atoms with van der Waals surface area (Å²) in [6.07, 6.45) is 1.59. The molecular formula is C20H17BrClN3O2. The van der Waals surface area contributed by atoms with E-state index in [1.807, 2.05) is 44.2 Å². The quantitative estimate of drug-likeness (QED) is 0.438. The van der Waals surface area contributed by atoms with Crippen molar-refractivity contribution in [2.75, 3.05) is 0 Å². The molecule has 3 aromatic rings. The molecule has 1 aromatic heterocycles. The molecule has 2 aromatic carbocycles. The van der Waals surface area contributed by atoms with Gasteiger partial charge in [-0.05, 0) is 62.4 Å². The summed E-state index contributed by atoms with van der Waals surface area (Å²) >= 11 is 9.24. The van der Waals surface area contributed by atoms with E-state index in [2.05, 4.69) is 31.0 Å². The molecule has 0 aliphatic heterocycles. The third-order valence-electron chi connectivity index (χ3n) is 4.13. The summed E-state index contributed by atoms with van der Waals surface area (Å²) in [7, 11) is 0. The molecule has 2 N–H and O–H groups in total. The van der Waals surface area contributed by atoms with Gasteiger partial charge >= 0.3 is 0 Å². The summed E-state index contributed by atoms with van der Waals surface area (Å²) in [5.41, 5.74) is 6.48. The average Bonchev–Trinajstić information content (AvgIpc) is 2.91. The number of rotatable bonds is 4. The minimum absolute atomic E-state index is 0.105. The number of phenols is 1. The Bertz CT molecular complexity index is 1030. The van der Waals surface area contributed by atoms with Crippen LogP contribution in [0.3, 0.4) is 0 Å². The van der Waals surface area contributed by atoms with Gasteiger partial charge in [-0.15, -0.1) is 0 Å². The van der Waals surface area contributed by atoms with Gasteiger partial charge in [0.25, 0.3) is 5.91 Å². The van der Waals surface area contributed by atoms with Crippen LogP contribution in [0.1, 0.15) is 27.3 Å². The SMILES string of the molecule is Cc1cc(/C=N\NC(=O)c2cc(Br)ccc2O)c(C)n1-c1ccc(Cl)cc1. The van der Waals surface area contributed by atoms with E-state index in [0.717, 1.165) is 22.6 Å². The van der Waals surface area contributed by atoms with E-state index in [9.17, 15) is 9.90 Å². The molecule has 1 amide bonds. The van der Waals surface area contributed by atoms with Crippen molar-refractivity contribution in [1.29, 1.82) is 0 Å². The number of amides is 1. The zero-order valence-corrected chi connectivity index (χ0v) is 17.0. The Hall–Kier alpha value is -2.57. The minimum Gasteiger partial charge on any atom is -0.507 e. The van der Waals surface area contributed by atoms with Crippen LogP contribution < -0.4 is 5.43 Å². The Kier molecular flexibility index (Phi) is 5.68. The van der Waals surface area contributed by atoms with E-state index < -0.39 is 5.91 Å². The summed E-state index contributed by atoms with van der Waals surface area (Å²) in [6.45, 7) is 3.97. The molecule has 0 atom stereocenters. The third-order valence-corrected chi connectivity index (χ3v) is 4.87. The number of hydrogen-bond donors (Lipinski definition) is 2. The molecule has 0 aliphatic carbocycles. The molecule has 0 saturated carbocycles. The summed E-state index contributed by atoms with van der Waals surface area (Å²) in [5, 5.41) is 14.5. The first-order chi connectivity index (χ1) is 12.9. The summed E-state index contributed by atoms with van der Waals surface area (Å²) < 4.78 is 2.78. The van der Waals surface area contributed by atoms with Gasteiger partial charge in [-0.1, -0.05) is 27.5 Å². The fourth-order valence-electron chi connectivity index (χ4n) is 2.82. The number of aromatic nitrogens is 1. The van der Waals surface area contributed by atoms with Crippen LogP contribution in [0, 0.1) is 13.8 Å². The first kappa shape index (κ1) is 19.2. The number of nitrogens with one attached hydrogen (secondary N) is 1. The van der Waals surface area contributed by atoms with E-state index in [0.29, 0.717) is 9.50 Å². The number of nitrogens with zero attached hydrogens (tertiary/aromatic N) is 2. The zero-order chi connectivity index (χ0) is 19.6. The standard InChI is InChI=1S/C20H17BrClN3O2/c1-12-9-14(13(2)25(12)17-6-4-16(22)5-7-17)11-23-24-20(27)18-10-15(21)3-8-19(18)26/h3-11,26H,1-2H3,(H,24,27)/b23-11-. The van der Waals surface area contributed by atoms with E-state index in [1.54, 1.807) is 12.3 Å². The lowest BCUT2D eigenvalue weighted by atomic mass is 10.2. The van der Waals surface area contributed by atoms with Gasteiger partial charge in [0.2, 0.25) is 0 Å². The van der Waals surface area contributed by atoms with Crippen LogP contribution in [0.15, 0.2) is 58.1 Å². The first-order valence-electron chi connectivity index (χ1n) is 8.13. The second-order valence-corrected chi connectivity index (χ2v) is 7.35. The van der Waals surface area contributed by atoms with Gasteiger partial charge in [0.15, 0.2) is 0 Å². The Morgan fingerprint density at radius 1 is 1.19 bits per heavy atom. The van der Waals surface area contributed by atoms with Crippen LogP contribution >= 0.6 is 27.5 Å². The van der Waals surface area contributed by atoms with Crippen LogP contribution in [0.4, 0.5) is 0 Å². The van der Waals surface area contributed by atoms with Crippen molar-refractivity contribution in [3.63, 3.8) is 0 Å². The van der Waals surface area contributed by atoms with Crippen molar-refractivity contribution < 1.29 is 9.90 Å². The molecule has 0 saturated heterocycles. The molecule has 3 rings (SSSR count). The Morgan fingerprint density at radius 2 is 1.89 bits per heavy atom. The summed E-state index contributed by atoms with van der Waals surface area (Å²) in [5.74, 6) is -0.594. The first-order valence-corrected chi connectivity index (χ1v) is 9.30. The van der Waals surface area contributed by atoms with Crippen molar-refractivity contribution in [2.45, 2.75) is 13.8 Å². The van der Waals surface area contributed by atoms with Crippen molar-refractivity contribution in [1.82, 2.24) is 9.99 Å². The number of benzene rings is 2. The number of aromatic hydroxyl groups is 1. The highest BCUT2D eigenvalue weighted by atomic mass is 79.9. The molecule has 0 bridgehead atoms. The van der Waals surface area contributed by atoms with E-state index in [-0.39, 0.29) is 11.3 Å². The number of carbonyl (C=O) groups excluding carboxylic acids is 1. The number of halogens is 2. The number of aryl methyl sites for hydroxylation is 1. The van der Waals surface area contributed by atoms with Gasteiger partial charge in [-0.3, -0.25) is 4.79 Å². The third kappa shape index (κ3) is 4.23. The van der Waals surface area contributed by atoms with E-state index in [4.69, 9.17) is 11.6 Å². The van der Waals surface area contributed by atoms with Crippen LogP contribution in [0.2, 0.25) is 5.02 Å². The van der Waals surface area contributed by atoms with Gasteiger partial charge in [-0.2, -0.15) is 5.10 Å². The van der Waals surface area contributed by atoms with Crippen molar-refractivity contribution in [2.24, 2.45) is 5.10 Å². The molecule has 5 nitrogen and oxygen atoms in total. The van der Waals surface area contributed by atoms with Crippen LogP contribution in [-0.2, 0) is 0 Å². The highest BCUT2D eigenvalue weighted by Crippen LogP contribution is 2.22. The smallest absolute Gasteiger partial charge is 0.275 e. The Morgan fingerprint density at radius 3 is 2.59 bits per heavy atom. The fraction of sp³-hybridized carbons (Fsp3) is 0.100. The lowest BCUT2D eigenvalue weighted by molar-refractivity contribution is 0.0952. The molecule has 0 radical (unpaired) electrons. The van der Waals surface area contributed by atoms with Crippen LogP contribution in [0.25, 0.3) is 5.69 Å². The molecular weight excluding hydrogens is 430 g/mol. The Labute approximate surface area is 170 Å². The molecule has 138 valence electrons. The number of hydrazone groups is 1. The molecule has 0 unspecified atom stereocenters. The number of hydrogen-bond acceptors (Lipinski definition) is 3. The maximum absolute atomic E-state index is 12.2. The molecule has 0 spiro atoms. The fourth-order valence-corrected chi connectivity index (χ4v) is 3.30. The predicted octanol–water partition coefficient (Wildman–Crippen LogP) is 4.98. The summed E-state index contributed by atoms with van der Waals surface area (Å²) in [4.78, 5) is 12.2. The van der Waals surface area contributed by atoms with E-state index >= 15 is 0 Å². The Balaban J connectivity index is 1.80. The highest BCUT2D eigenvalue weighted by Gasteiger charge is 2.12. The summed E-state index contributed by atoms with van der Waals surface area (Å²) in [6, 6.07) is 14.2. The number of phenolic OH excluding ortho intramolecular Hbond substituents is 1. The highest BCUT2D eigenvalue weighted by molar-refractivity contribution is 9.10. The molecule has 0 aliphatic rings. The largest absolute Gasteiger partial charge is 0.507 e. The second kappa shape index (κ2) is 7.98. The van der Waals surface area contributed by atoms with Gasteiger partial charge < -0.3 is 9.67 Å². The zero-order valence-electron chi connectivity index (χ0n) is 14.7. The van der Waals surface area contributed by atoms with Gasteiger partial charge in [0.1, 0.15) is 5.75 Å². The van der Waals surface area contributed by atoms with Crippen molar-refractivity contribution >= 4 is 39.7 Å². The predicted molar refractivity (Wildman–Crippen MR) is 111 cm³/mol. The van der Waals surface area contributed by atoms with Crippen LogP contribution in [0.5, 0.6) is 5.75 Å². The minimum atomic E-state index is -0.489. The molecule has 27 heavy (non-hydrogen) atoms. The van der Waals surface area contributed by atoms with Gasteiger partial charge in [0, 0.05) is 32.1 Å². The number of carbonyl (C=O) groups is 1. The van der Waals surface area contributed by atoms with Gasteiger partial charge in [0.05, 0.1) is 11.8 Å². The topological polar surface area (TPSA) is 66.6 Å². The molecule has 1 heterocycles. The van der Waals surface area contributed by atoms with Gasteiger partial charge in [-0.25, -0.2) is 5.43 Å².